The quantitative estimate of drug-likeness (QED) is 0.608. The molecule has 0 spiro atoms. The summed E-state index contributed by atoms with van der Waals surface area (Å²) in [5, 5.41) is 12.0. The van der Waals surface area contributed by atoms with Crippen molar-refractivity contribution in [3.63, 3.8) is 0 Å². The number of hydrogen-bond donors (Lipinski definition) is 1. The average molecular weight is 501 g/mol. The van der Waals surface area contributed by atoms with Crippen molar-refractivity contribution in [3.8, 4) is 6.19 Å². The summed E-state index contributed by atoms with van der Waals surface area (Å²) in [5.74, 6) is 0.253. The molecule has 1 aromatic heterocycles. The molecule has 8 nitrogen and oxygen atoms in total. The molecular formula is C24H25ClN4O4S. The van der Waals surface area contributed by atoms with Crippen molar-refractivity contribution in [1.29, 1.82) is 5.26 Å². The van der Waals surface area contributed by atoms with Crippen LogP contribution in [0.15, 0.2) is 35.3 Å². The van der Waals surface area contributed by atoms with Gasteiger partial charge in [-0.1, -0.05) is 23.7 Å². The van der Waals surface area contributed by atoms with Crippen LogP contribution in [0.3, 0.4) is 0 Å². The Kier molecular flexibility index (Phi) is 7.63. The molecule has 1 amide bonds. The van der Waals surface area contributed by atoms with Gasteiger partial charge in [0.25, 0.3) is 5.91 Å². The van der Waals surface area contributed by atoms with E-state index in [0.29, 0.717) is 54.3 Å². The highest BCUT2D eigenvalue weighted by Crippen LogP contribution is 2.28. The number of anilines is 1. The predicted molar refractivity (Wildman–Crippen MR) is 131 cm³/mol. The zero-order chi connectivity index (χ0) is 24.1. The minimum absolute atomic E-state index is 0.0944. The Balaban J connectivity index is 1.51. The molecule has 4 rings (SSSR count). The standard InChI is InChI=1S/C24H25ClN4O4S/c1-16-12-17(2-3-18(16)29-8-11-32-9-6-22(29)27-15-26)13-20(30)24(7-10-33-14-24)28-23(31)19-4-5-21(25)34-19/h2-5,12H,6-11,13-14H2,1H3,(H,28,31)/t24-/m1/s1. The van der Waals surface area contributed by atoms with Crippen molar-refractivity contribution in [2.45, 2.75) is 31.7 Å². The third kappa shape index (κ3) is 5.31. The van der Waals surface area contributed by atoms with Crippen LogP contribution in [0.1, 0.15) is 33.6 Å². The number of carbonyl (C=O) groups is 2. The maximum atomic E-state index is 13.4. The van der Waals surface area contributed by atoms with E-state index in [1.165, 1.54) is 11.3 Å². The molecule has 1 aromatic carbocycles. The molecule has 1 atom stereocenters. The first-order valence-electron chi connectivity index (χ1n) is 11.0. The summed E-state index contributed by atoms with van der Waals surface area (Å²) < 4.78 is 11.6. The van der Waals surface area contributed by atoms with Gasteiger partial charge in [-0.05, 0) is 36.2 Å². The van der Waals surface area contributed by atoms with E-state index in [9.17, 15) is 9.59 Å². The summed E-state index contributed by atoms with van der Waals surface area (Å²) in [5.41, 5.74) is 1.68. The van der Waals surface area contributed by atoms with E-state index >= 15 is 0 Å². The van der Waals surface area contributed by atoms with E-state index in [1.807, 2.05) is 36.2 Å². The second-order valence-electron chi connectivity index (χ2n) is 8.31. The number of Topliss-reactive ketones (excluding diaryl/α,β-unsaturated/α-hetero) is 1. The largest absolute Gasteiger partial charge is 0.379 e. The number of hydrogen-bond acceptors (Lipinski definition) is 7. The number of thiophene rings is 1. The van der Waals surface area contributed by atoms with Gasteiger partial charge in [-0.15, -0.1) is 11.3 Å². The molecule has 0 bridgehead atoms. The van der Waals surface area contributed by atoms with E-state index < -0.39 is 5.54 Å². The molecule has 0 radical (unpaired) electrons. The third-order valence-corrected chi connectivity index (χ3v) is 7.27. The number of benzene rings is 1. The molecule has 178 valence electrons. The number of amidine groups is 1. The zero-order valence-electron chi connectivity index (χ0n) is 18.8. The van der Waals surface area contributed by atoms with E-state index in [2.05, 4.69) is 10.3 Å². The Morgan fingerprint density at radius 1 is 1.26 bits per heavy atom. The van der Waals surface area contributed by atoms with Crippen molar-refractivity contribution in [1.82, 2.24) is 5.32 Å². The average Bonchev–Trinajstić information content (AvgIpc) is 3.40. The molecular weight excluding hydrogens is 476 g/mol. The molecule has 2 fully saturated rings. The van der Waals surface area contributed by atoms with Crippen LogP contribution < -0.4 is 10.2 Å². The van der Waals surface area contributed by atoms with Crippen LogP contribution in [-0.4, -0.2) is 56.0 Å². The van der Waals surface area contributed by atoms with Gasteiger partial charge in [0.05, 0.1) is 29.0 Å². The maximum Gasteiger partial charge on any atom is 0.262 e. The van der Waals surface area contributed by atoms with Gasteiger partial charge in [-0.2, -0.15) is 10.3 Å². The summed E-state index contributed by atoms with van der Waals surface area (Å²) >= 11 is 7.13. The summed E-state index contributed by atoms with van der Waals surface area (Å²) in [6.07, 6.45) is 3.03. The van der Waals surface area contributed by atoms with Crippen molar-refractivity contribution in [2.75, 3.05) is 37.9 Å². The molecule has 34 heavy (non-hydrogen) atoms. The van der Waals surface area contributed by atoms with E-state index in [1.54, 1.807) is 12.1 Å². The number of aryl methyl sites for hydroxylation is 1. The maximum absolute atomic E-state index is 13.4. The molecule has 0 saturated carbocycles. The van der Waals surface area contributed by atoms with Gasteiger partial charge >= 0.3 is 0 Å². The topological polar surface area (TPSA) is 104 Å². The zero-order valence-corrected chi connectivity index (χ0v) is 20.4. The lowest BCUT2D eigenvalue weighted by Gasteiger charge is -2.28. The van der Waals surface area contributed by atoms with Crippen molar-refractivity contribution in [2.24, 2.45) is 4.99 Å². The second-order valence-corrected chi connectivity index (χ2v) is 10.0. The van der Waals surface area contributed by atoms with Crippen LogP contribution in [0, 0.1) is 18.4 Å². The second kappa shape index (κ2) is 10.7. The Hall–Kier alpha value is -2.77. The van der Waals surface area contributed by atoms with Crippen molar-refractivity contribution < 1.29 is 19.1 Å². The van der Waals surface area contributed by atoms with E-state index in [4.69, 9.17) is 26.3 Å². The molecule has 0 aliphatic carbocycles. The molecule has 2 aliphatic heterocycles. The molecule has 3 heterocycles. The Labute approximate surface area is 207 Å². The SMILES string of the molecule is Cc1cc(CC(=O)[C@@]2(NC(=O)c3ccc(Cl)s3)CCOC2)ccc1N1CCOCCC1=NC#N. The van der Waals surface area contributed by atoms with Crippen LogP contribution >= 0.6 is 22.9 Å². The van der Waals surface area contributed by atoms with Crippen LogP contribution in [0.4, 0.5) is 5.69 Å². The molecule has 1 N–H and O–H groups in total. The van der Waals surface area contributed by atoms with Gasteiger partial charge < -0.3 is 19.7 Å². The van der Waals surface area contributed by atoms with Crippen LogP contribution in [0.25, 0.3) is 0 Å². The number of ketones is 1. The number of nitrogens with one attached hydrogen (secondary N) is 1. The highest BCUT2D eigenvalue weighted by molar-refractivity contribution is 7.18. The summed E-state index contributed by atoms with van der Waals surface area (Å²) in [6.45, 7) is 4.19. The highest BCUT2D eigenvalue weighted by Gasteiger charge is 2.43. The van der Waals surface area contributed by atoms with E-state index in [0.717, 1.165) is 16.8 Å². The van der Waals surface area contributed by atoms with Crippen molar-refractivity contribution >= 4 is 46.2 Å². The number of ether oxygens (including phenoxy) is 2. The highest BCUT2D eigenvalue weighted by atomic mass is 35.5. The summed E-state index contributed by atoms with van der Waals surface area (Å²) in [4.78, 5) is 32.6. The fourth-order valence-electron chi connectivity index (χ4n) is 4.27. The van der Waals surface area contributed by atoms with Gasteiger partial charge in [0.2, 0.25) is 6.19 Å². The molecule has 2 saturated heterocycles. The normalized spacial score (nSPS) is 21.8. The number of aliphatic imine (C=N–C) groups is 1. The Morgan fingerprint density at radius 2 is 2.12 bits per heavy atom. The first-order valence-corrected chi connectivity index (χ1v) is 12.2. The third-order valence-electron chi connectivity index (χ3n) is 6.04. The first kappa shape index (κ1) is 24.4. The fourth-order valence-corrected chi connectivity index (χ4v) is 5.21. The smallest absolute Gasteiger partial charge is 0.262 e. The number of amides is 1. The minimum atomic E-state index is -1.06. The number of rotatable bonds is 6. The van der Waals surface area contributed by atoms with Gasteiger partial charge in [-0.25, -0.2) is 0 Å². The number of halogens is 1. The van der Waals surface area contributed by atoms with Gasteiger partial charge in [-0.3, -0.25) is 9.59 Å². The number of nitriles is 1. The predicted octanol–water partition coefficient (Wildman–Crippen LogP) is 3.52. The Morgan fingerprint density at radius 3 is 2.79 bits per heavy atom. The number of carbonyl (C=O) groups excluding carboxylic acids is 2. The number of nitrogens with zero attached hydrogens (tertiary/aromatic N) is 3. The van der Waals surface area contributed by atoms with Crippen LogP contribution in [0.2, 0.25) is 4.34 Å². The summed E-state index contributed by atoms with van der Waals surface area (Å²) in [7, 11) is 0. The lowest BCUT2D eigenvalue weighted by atomic mass is 9.88. The lowest BCUT2D eigenvalue weighted by Crippen LogP contribution is -2.55. The molecule has 2 aliphatic rings. The first-order chi connectivity index (χ1) is 16.4. The van der Waals surface area contributed by atoms with Gasteiger partial charge in [0.15, 0.2) is 5.78 Å². The van der Waals surface area contributed by atoms with Gasteiger partial charge in [0, 0.05) is 38.1 Å². The Bertz CT molecular complexity index is 1150. The van der Waals surface area contributed by atoms with E-state index in [-0.39, 0.29) is 24.7 Å². The minimum Gasteiger partial charge on any atom is -0.379 e. The van der Waals surface area contributed by atoms with Crippen LogP contribution in [-0.2, 0) is 20.7 Å². The molecule has 2 aromatic rings. The fraction of sp³-hybridized carbons (Fsp3) is 0.417. The lowest BCUT2D eigenvalue weighted by molar-refractivity contribution is -0.124. The molecule has 0 unspecified atom stereocenters. The molecule has 10 heteroatoms. The van der Waals surface area contributed by atoms with Crippen molar-refractivity contribution in [3.05, 3.63) is 50.7 Å². The van der Waals surface area contributed by atoms with Gasteiger partial charge in [0.1, 0.15) is 11.4 Å². The summed E-state index contributed by atoms with van der Waals surface area (Å²) in [6, 6.07) is 9.12. The van der Waals surface area contributed by atoms with Crippen LogP contribution in [0.5, 0.6) is 0 Å². The monoisotopic (exact) mass is 500 g/mol.